The van der Waals surface area contributed by atoms with Crippen molar-refractivity contribution in [1.82, 2.24) is 14.6 Å². The zero-order valence-electron chi connectivity index (χ0n) is 13.1. The number of hydrogen-bond acceptors (Lipinski definition) is 3. The van der Waals surface area contributed by atoms with E-state index in [1.54, 1.807) is 12.3 Å². The van der Waals surface area contributed by atoms with E-state index in [9.17, 15) is 8.42 Å². The summed E-state index contributed by atoms with van der Waals surface area (Å²) in [4.78, 5) is 0.337. The average molecular weight is 301 g/mol. The van der Waals surface area contributed by atoms with E-state index in [0.29, 0.717) is 17.5 Å². The third-order valence-corrected chi connectivity index (χ3v) is 4.72. The molecule has 1 heterocycles. The Balaban J connectivity index is 2.83. The zero-order chi connectivity index (χ0) is 15.3. The molecule has 1 unspecified atom stereocenters. The molecule has 20 heavy (non-hydrogen) atoms. The van der Waals surface area contributed by atoms with E-state index in [1.165, 1.54) is 0 Å². The van der Waals surface area contributed by atoms with Crippen molar-refractivity contribution in [2.45, 2.75) is 64.1 Å². The molecule has 1 aromatic heterocycles. The van der Waals surface area contributed by atoms with Gasteiger partial charge < -0.3 is 9.88 Å². The molecule has 5 nitrogen and oxygen atoms in total. The summed E-state index contributed by atoms with van der Waals surface area (Å²) < 4.78 is 29.1. The molecule has 0 spiro atoms. The first-order valence-corrected chi connectivity index (χ1v) is 8.65. The summed E-state index contributed by atoms with van der Waals surface area (Å²) in [7, 11) is -1.55. The SMILES string of the molecule is CCCC(C)NS(=O)(=O)c1cc(CNC(C)C)n(C)c1. The zero-order valence-corrected chi connectivity index (χ0v) is 13.9. The Morgan fingerprint density at radius 2 is 1.95 bits per heavy atom. The molecule has 0 aliphatic heterocycles. The van der Waals surface area contributed by atoms with Gasteiger partial charge >= 0.3 is 0 Å². The fourth-order valence-electron chi connectivity index (χ4n) is 2.03. The molecule has 2 N–H and O–H groups in total. The second-order valence-electron chi connectivity index (χ2n) is 5.62. The monoisotopic (exact) mass is 301 g/mol. The molecule has 0 aliphatic rings. The number of aryl methyl sites for hydroxylation is 1. The van der Waals surface area contributed by atoms with Gasteiger partial charge in [0, 0.05) is 37.6 Å². The Labute approximate surface area is 122 Å². The van der Waals surface area contributed by atoms with Crippen molar-refractivity contribution in [1.29, 1.82) is 0 Å². The maximum absolute atomic E-state index is 12.3. The van der Waals surface area contributed by atoms with Crippen LogP contribution in [0.2, 0.25) is 0 Å². The van der Waals surface area contributed by atoms with Gasteiger partial charge in [-0.05, 0) is 19.4 Å². The summed E-state index contributed by atoms with van der Waals surface area (Å²) in [5.74, 6) is 0. The Morgan fingerprint density at radius 1 is 1.30 bits per heavy atom. The molecule has 6 heteroatoms. The van der Waals surface area contributed by atoms with Crippen molar-refractivity contribution in [2.75, 3.05) is 0 Å². The van der Waals surface area contributed by atoms with E-state index in [4.69, 9.17) is 0 Å². The first-order valence-electron chi connectivity index (χ1n) is 7.17. The summed E-state index contributed by atoms with van der Waals surface area (Å²) in [6.45, 7) is 8.73. The van der Waals surface area contributed by atoms with E-state index in [2.05, 4.69) is 23.9 Å². The summed E-state index contributed by atoms with van der Waals surface area (Å²) in [6, 6.07) is 2.06. The highest BCUT2D eigenvalue weighted by Crippen LogP contribution is 2.14. The molecule has 1 atom stereocenters. The van der Waals surface area contributed by atoms with E-state index >= 15 is 0 Å². The molecule has 0 saturated heterocycles. The second kappa shape index (κ2) is 7.24. The lowest BCUT2D eigenvalue weighted by atomic mass is 10.2. The highest BCUT2D eigenvalue weighted by atomic mass is 32.2. The Kier molecular flexibility index (Phi) is 6.23. The lowest BCUT2D eigenvalue weighted by Crippen LogP contribution is -2.32. The number of nitrogens with zero attached hydrogens (tertiary/aromatic N) is 1. The van der Waals surface area contributed by atoms with Crippen molar-refractivity contribution >= 4 is 10.0 Å². The van der Waals surface area contributed by atoms with Crippen molar-refractivity contribution < 1.29 is 8.42 Å². The molecular formula is C14H27N3O2S. The maximum Gasteiger partial charge on any atom is 0.242 e. The lowest BCUT2D eigenvalue weighted by molar-refractivity contribution is 0.544. The predicted octanol–water partition coefficient (Wildman–Crippen LogP) is 1.99. The van der Waals surface area contributed by atoms with Gasteiger partial charge in [0.25, 0.3) is 0 Å². The van der Waals surface area contributed by atoms with Crippen LogP contribution in [0.4, 0.5) is 0 Å². The number of hydrogen-bond donors (Lipinski definition) is 2. The van der Waals surface area contributed by atoms with Crippen LogP contribution in [0.15, 0.2) is 17.2 Å². The Morgan fingerprint density at radius 3 is 2.50 bits per heavy atom. The summed E-state index contributed by atoms with van der Waals surface area (Å²) in [5.41, 5.74) is 0.960. The first-order chi connectivity index (χ1) is 9.26. The van der Waals surface area contributed by atoms with Crippen LogP contribution in [0, 0.1) is 0 Å². The third-order valence-electron chi connectivity index (χ3n) is 3.16. The Hall–Kier alpha value is -0.850. The minimum atomic E-state index is -3.42. The van der Waals surface area contributed by atoms with Crippen molar-refractivity contribution in [3.8, 4) is 0 Å². The van der Waals surface area contributed by atoms with Gasteiger partial charge in [-0.3, -0.25) is 0 Å². The predicted molar refractivity (Wildman–Crippen MR) is 82.1 cm³/mol. The quantitative estimate of drug-likeness (QED) is 0.772. The van der Waals surface area contributed by atoms with Gasteiger partial charge in [-0.2, -0.15) is 0 Å². The smallest absolute Gasteiger partial charge is 0.242 e. The standard InChI is InChI=1S/C14H27N3O2S/c1-6-7-12(4)16-20(18,19)14-8-13(17(5)10-14)9-15-11(2)3/h8,10-12,15-16H,6-7,9H2,1-5H3. The fourth-order valence-corrected chi connectivity index (χ4v) is 3.41. The van der Waals surface area contributed by atoms with Gasteiger partial charge in [-0.25, -0.2) is 13.1 Å². The van der Waals surface area contributed by atoms with Crippen LogP contribution in [0.1, 0.15) is 46.2 Å². The van der Waals surface area contributed by atoms with E-state index in [0.717, 1.165) is 18.5 Å². The van der Waals surface area contributed by atoms with Gasteiger partial charge in [-0.15, -0.1) is 0 Å². The highest BCUT2D eigenvalue weighted by molar-refractivity contribution is 7.89. The van der Waals surface area contributed by atoms with Gasteiger partial charge in [0.1, 0.15) is 0 Å². The van der Waals surface area contributed by atoms with Gasteiger partial charge in [0.15, 0.2) is 0 Å². The number of aromatic nitrogens is 1. The molecular weight excluding hydrogens is 274 g/mol. The van der Waals surface area contributed by atoms with Crippen LogP contribution >= 0.6 is 0 Å². The largest absolute Gasteiger partial charge is 0.352 e. The minimum absolute atomic E-state index is 0.0394. The summed E-state index contributed by atoms with van der Waals surface area (Å²) in [6.07, 6.45) is 3.47. The van der Waals surface area contributed by atoms with E-state index in [1.807, 2.05) is 25.5 Å². The molecule has 0 saturated carbocycles. The summed E-state index contributed by atoms with van der Waals surface area (Å²) in [5, 5.41) is 3.29. The van der Waals surface area contributed by atoms with Crippen LogP contribution in [0.5, 0.6) is 0 Å². The van der Waals surface area contributed by atoms with Crippen LogP contribution in [0.25, 0.3) is 0 Å². The molecule has 0 aliphatic carbocycles. The molecule has 1 aromatic rings. The lowest BCUT2D eigenvalue weighted by Gasteiger charge is -2.11. The van der Waals surface area contributed by atoms with Gasteiger partial charge in [0.05, 0.1) is 4.90 Å². The van der Waals surface area contributed by atoms with E-state index in [-0.39, 0.29) is 6.04 Å². The van der Waals surface area contributed by atoms with Crippen LogP contribution in [-0.4, -0.2) is 25.1 Å². The number of nitrogens with one attached hydrogen (secondary N) is 2. The molecule has 0 fully saturated rings. The van der Waals surface area contributed by atoms with E-state index < -0.39 is 10.0 Å². The van der Waals surface area contributed by atoms with Gasteiger partial charge in [-0.1, -0.05) is 27.2 Å². The molecule has 0 radical (unpaired) electrons. The molecule has 1 rings (SSSR count). The normalized spacial score (nSPS) is 13.9. The maximum atomic E-state index is 12.3. The Bertz CT molecular complexity index is 521. The topological polar surface area (TPSA) is 63.1 Å². The van der Waals surface area contributed by atoms with Crippen molar-refractivity contribution in [3.05, 3.63) is 18.0 Å². The van der Waals surface area contributed by atoms with Crippen molar-refractivity contribution in [2.24, 2.45) is 7.05 Å². The fraction of sp³-hybridized carbons (Fsp3) is 0.714. The van der Waals surface area contributed by atoms with Gasteiger partial charge in [0.2, 0.25) is 10.0 Å². The first kappa shape index (κ1) is 17.2. The van der Waals surface area contributed by atoms with Crippen LogP contribution in [0.3, 0.4) is 0 Å². The molecule has 0 amide bonds. The highest BCUT2D eigenvalue weighted by Gasteiger charge is 2.19. The summed E-state index contributed by atoms with van der Waals surface area (Å²) >= 11 is 0. The second-order valence-corrected chi connectivity index (χ2v) is 7.34. The molecule has 0 bridgehead atoms. The number of sulfonamides is 1. The molecule has 116 valence electrons. The number of rotatable bonds is 8. The minimum Gasteiger partial charge on any atom is -0.352 e. The van der Waals surface area contributed by atoms with Crippen LogP contribution < -0.4 is 10.0 Å². The van der Waals surface area contributed by atoms with Crippen molar-refractivity contribution in [3.63, 3.8) is 0 Å². The van der Waals surface area contributed by atoms with Crippen LogP contribution in [-0.2, 0) is 23.6 Å². The average Bonchev–Trinajstić information content (AvgIpc) is 2.68. The molecule has 0 aromatic carbocycles. The third kappa shape index (κ3) is 4.92.